The molecular formula is C28H30N4O3. The molecule has 0 aliphatic carbocycles. The lowest BCUT2D eigenvalue weighted by Crippen LogP contribution is -2.39. The summed E-state index contributed by atoms with van der Waals surface area (Å²) in [6.07, 6.45) is 2.36. The van der Waals surface area contributed by atoms with Crippen LogP contribution in [-0.4, -0.2) is 31.5 Å². The summed E-state index contributed by atoms with van der Waals surface area (Å²) in [6.45, 7) is 6.23. The number of benzene rings is 2. The van der Waals surface area contributed by atoms with Gasteiger partial charge in [-0.15, -0.1) is 0 Å². The molecule has 2 aromatic heterocycles. The van der Waals surface area contributed by atoms with Gasteiger partial charge in [0.2, 0.25) is 0 Å². The maximum Gasteiger partial charge on any atom is 0.331 e. The predicted octanol–water partition coefficient (Wildman–Crippen LogP) is 4.18. The Morgan fingerprint density at radius 2 is 1.60 bits per heavy atom. The van der Waals surface area contributed by atoms with Crippen LogP contribution in [0.1, 0.15) is 48.2 Å². The van der Waals surface area contributed by atoms with Crippen molar-refractivity contribution in [3.63, 3.8) is 0 Å². The van der Waals surface area contributed by atoms with Gasteiger partial charge in [0.15, 0.2) is 0 Å². The molecule has 1 aliphatic heterocycles. The number of aryl methyl sites for hydroxylation is 1. The van der Waals surface area contributed by atoms with Crippen LogP contribution in [0.2, 0.25) is 0 Å². The molecule has 0 bridgehead atoms. The van der Waals surface area contributed by atoms with E-state index < -0.39 is 0 Å². The minimum Gasteiger partial charge on any atom is -0.349 e. The van der Waals surface area contributed by atoms with Crippen molar-refractivity contribution in [2.45, 2.75) is 52.7 Å². The number of carbonyl (C=O) groups excluding carboxylic acids is 1. The minimum absolute atomic E-state index is 0.0157. The maximum absolute atomic E-state index is 13.1. The number of amides is 1. The Hall–Kier alpha value is -3.87. The molecule has 2 aromatic carbocycles. The summed E-state index contributed by atoms with van der Waals surface area (Å²) in [6, 6.07) is 17.6. The zero-order valence-corrected chi connectivity index (χ0v) is 20.2. The zero-order valence-electron chi connectivity index (χ0n) is 20.2. The van der Waals surface area contributed by atoms with Crippen LogP contribution in [0.4, 0.5) is 0 Å². The molecule has 0 unspecified atom stereocenters. The summed E-state index contributed by atoms with van der Waals surface area (Å²) in [7, 11) is 0. The second-order valence-corrected chi connectivity index (χ2v) is 9.16. The van der Waals surface area contributed by atoms with E-state index in [4.69, 9.17) is 0 Å². The van der Waals surface area contributed by atoms with Crippen LogP contribution >= 0.6 is 0 Å². The van der Waals surface area contributed by atoms with Crippen molar-refractivity contribution in [1.82, 2.24) is 19.0 Å². The Balaban J connectivity index is 1.46. The smallest absolute Gasteiger partial charge is 0.331 e. The Bertz CT molecular complexity index is 1510. The monoisotopic (exact) mass is 470 g/mol. The first-order valence-electron chi connectivity index (χ1n) is 12.3. The molecule has 0 spiro atoms. The van der Waals surface area contributed by atoms with Crippen molar-refractivity contribution in [3.05, 3.63) is 92.1 Å². The van der Waals surface area contributed by atoms with Crippen LogP contribution in [0.3, 0.4) is 0 Å². The summed E-state index contributed by atoms with van der Waals surface area (Å²) < 4.78 is 3.00. The van der Waals surface area contributed by atoms with Gasteiger partial charge in [0.1, 0.15) is 5.52 Å². The molecule has 7 heteroatoms. The van der Waals surface area contributed by atoms with E-state index >= 15 is 0 Å². The fourth-order valence-electron chi connectivity index (χ4n) is 4.95. The normalized spacial score (nSPS) is 13.3. The van der Waals surface area contributed by atoms with Gasteiger partial charge in [0.05, 0.1) is 5.52 Å². The number of aromatic amines is 1. The number of carbonyl (C=O) groups is 1. The third-order valence-electron chi connectivity index (χ3n) is 6.76. The molecule has 5 rings (SSSR count). The van der Waals surface area contributed by atoms with Crippen LogP contribution in [0, 0.1) is 0 Å². The lowest BCUT2D eigenvalue weighted by atomic mass is 9.99. The maximum atomic E-state index is 13.1. The highest BCUT2D eigenvalue weighted by Gasteiger charge is 2.22. The average Bonchev–Trinajstić information content (AvgIpc) is 3.34. The Labute approximate surface area is 203 Å². The van der Waals surface area contributed by atoms with E-state index in [0.29, 0.717) is 49.2 Å². The topological polar surface area (TPSA) is 80.1 Å². The molecule has 35 heavy (non-hydrogen) atoms. The van der Waals surface area contributed by atoms with Crippen LogP contribution in [-0.2, 0) is 26.1 Å². The van der Waals surface area contributed by atoms with E-state index in [9.17, 15) is 14.4 Å². The van der Waals surface area contributed by atoms with Gasteiger partial charge in [0.25, 0.3) is 11.5 Å². The van der Waals surface area contributed by atoms with Crippen LogP contribution in [0.5, 0.6) is 0 Å². The molecule has 7 nitrogen and oxygen atoms in total. The molecule has 0 atom stereocenters. The van der Waals surface area contributed by atoms with E-state index in [1.54, 1.807) is 4.57 Å². The van der Waals surface area contributed by atoms with Crippen LogP contribution < -0.4 is 11.2 Å². The average molecular weight is 471 g/mol. The van der Waals surface area contributed by atoms with E-state index in [1.165, 1.54) is 15.7 Å². The number of aromatic nitrogens is 3. The van der Waals surface area contributed by atoms with Crippen molar-refractivity contribution in [2.24, 2.45) is 0 Å². The van der Waals surface area contributed by atoms with Crippen molar-refractivity contribution in [2.75, 3.05) is 6.54 Å². The first-order valence-corrected chi connectivity index (χ1v) is 12.3. The molecule has 0 fully saturated rings. The molecule has 0 radical (unpaired) electrons. The highest BCUT2D eigenvalue weighted by Crippen LogP contribution is 2.24. The molecule has 3 heterocycles. The van der Waals surface area contributed by atoms with Crippen molar-refractivity contribution in [3.8, 4) is 11.3 Å². The van der Waals surface area contributed by atoms with E-state index in [2.05, 4.69) is 17.1 Å². The van der Waals surface area contributed by atoms with Crippen molar-refractivity contribution >= 4 is 16.9 Å². The third kappa shape index (κ3) is 4.11. The minimum atomic E-state index is -0.289. The molecule has 1 N–H and O–H groups in total. The lowest BCUT2D eigenvalue weighted by Gasteiger charge is -2.29. The molecule has 1 amide bonds. The number of H-pyrrole nitrogens is 1. The van der Waals surface area contributed by atoms with Gasteiger partial charge in [-0.05, 0) is 54.2 Å². The van der Waals surface area contributed by atoms with Crippen LogP contribution in [0.15, 0.2) is 64.2 Å². The quantitative estimate of drug-likeness (QED) is 0.459. The Kier molecular flexibility index (Phi) is 6.16. The molecule has 0 saturated heterocycles. The number of hydrogen-bond donors (Lipinski definition) is 1. The first kappa shape index (κ1) is 22.9. The van der Waals surface area contributed by atoms with Gasteiger partial charge in [-0.3, -0.25) is 18.7 Å². The van der Waals surface area contributed by atoms with Gasteiger partial charge in [-0.25, -0.2) is 4.79 Å². The number of fused-ring (bicyclic) bond motifs is 2. The third-order valence-corrected chi connectivity index (χ3v) is 6.76. The first-order chi connectivity index (χ1) is 17.0. The number of nitrogens with zero attached hydrogens (tertiary/aromatic N) is 3. The molecule has 1 aliphatic rings. The molecule has 180 valence electrons. The molecular weight excluding hydrogens is 440 g/mol. The van der Waals surface area contributed by atoms with Crippen molar-refractivity contribution in [1.29, 1.82) is 0 Å². The molecule has 0 saturated carbocycles. The Morgan fingerprint density at radius 3 is 2.31 bits per heavy atom. The lowest BCUT2D eigenvalue weighted by molar-refractivity contribution is 0.0734. The summed E-state index contributed by atoms with van der Waals surface area (Å²) in [5.74, 6) is 0.0157. The second-order valence-electron chi connectivity index (χ2n) is 9.16. The highest BCUT2D eigenvalue weighted by atomic mass is 16.2. The summed E-state index contributed by atoms with van der Waals surface area (Å²) >= 11 is 0. The molecule has 4 aromatic rings. The summed E-state index contributed by atoms with van der Waals surface area (Å²) in [4.78, 5) is 44.2. The predicted molar refractivity (Wildman–Crippen MR) is 138 cm³/mol. The zero-order chi connectivity index (χ0) is 24.5. The van der Waals surface area contributed by atoms with Gasteiger partial charge in [-0.2, -0.15) is 0 Å². The number of rotatable bonds is 6. The van der Waals surface area contributed by atoms with Gasteiger partial charge in [0, 0.05) is 37.4 Å². The van der Waals surface area contributed by atoms with E-state index in [0.717, 1.165) is 24.1 Å². The summed E-state index contributed by atoms with van der Waals surface area (Å²) in [5.41, 5.74) is 5.27. The number of hydrogen-bond acceptors (Lipinski definition) is 3. The van der Waals surface area contributed by atoms with E-state index in [1.807, 2.05) is 61.2 Å². The largest absolute Gasteiger partial charge is 0.349 e. The summed E-state index contributed by atoms with van der Waals surface area (Å²) in [5, 5.41) is 0. The fraction of sp³-hybridized carbons (Fsp3) is 0.321. The second kappa shape index (κ2) is 9.41. The fourth-order valence-corrected chi connectivity index (χ4v) is 4.95. The van der Waals surface area contributed by atoms with E-state index in [-0.39, 0.29) is 17.2 Å². The van der Waals surface area contributed by atoms with Gasteiger partial charge < -0.3 is 9.88 Å². The Morgan fingerprint density at radius 1 is 0.914 bits per heavy atom. The van der Waals surface area contributed by atoms with Crippen molar-refractivity contribution < 1.29 is 4.79 Å². The number of nitrogens with one attached hydrogen (secondary N) is 1. The van der Waals surface area contributed by atoms with Crippen LogP contribution in [0.25, 0.3) is 22.3 Å². The van der Waals surface area contributed by atoms with Gasteiger partial charge in [-0.1, -0.05) is 50.2 Å². The highest BCUT2D eigenvalue weighted by molar-refractivity contribution is 5.95. The van der Waals surface area contributed by atoms with Gasteiger partial charge >= 0.3 is 5.69 Å². The standard InChI is InChI=1S/C28H30N4O3/c1-3-14-31-24-17-23(29-25(24)27(34)32(15-4-2)28(31)35)20-9-11-21(12-10-20)26(33)30-16-13-19-7-5-6-8-22(19)18-30/h5-12,17,29H,3-4,13-16,18H2,1-2H3. The SMILES string of the molecule is CCCn1c(=O)c2[nH]c(-c3ccc(C(=O)N4CCc5ccccc5C4)cc3)cc2n(CCC)c1=O.